The van der Waals surface area contributed by atoms with Crippen LogP contribution in [0.5, 0.6) is 0 Å². The lowest BCUT2D eigenvalue weighted by Crippen LogP contribution is -2.39. The van der Waals surface area contributed by atoms with Crippen molar-refractivity contribution in [3.8, 4) is 0 Å². The number of methoxy groups -OCH3 is 1. The first-order chi connectivity index (χ1) is 8.51. The van der Waals surface area contributed by atoms with Gasteiger partial charge >= 0.3 is 0 Å². The van der Waals surface area contributed by atoms with Crippen molar-refractivity contribution in [2.24, 2.45) is 5.73 Å². The molecule has 3 heteroatoms. The zero-order chi connectivity index (χ0) is 13.3. The summed E-state index contributed by atoms with van der Waals surface area (Å²) in [5, 5.41) is 1.09. The predicted molar refractivity (Wildman–Crippen MR) is 73.6 cm³/mol. The molecule has 0 aliphatic rings. The van der Waals surface area contributed by atoms with Gasteiger partial charge in [0.2, 0.25) is 0 Å². The lowest BCUT2D eigenvalue weighted by atomic mass is 9.92. The van der Waals surface area contributed by atoms with E-state index in [1.807, 2.05) is 38.1 Å². The minimum atomic E-state index is -0.401. The van der Waals surface area contributed by atoms with Crippen LogP contribution in [0.15, 0.2) is 28.7 Å². The lowest BCUT2D eigenvalue weighted by Gasteiger charge is -2.31. The molecule has 2 N–H and O–H groups in total. The monoisotopic (exact) mass is 247 g/mol. The summed E-state index contributed by atoms with van der Waals surface area (Å²) in [7, 11) is 1.69. The molecule has 0 saturated heterocycles. The normalized spacial score (nSPS) is 16.7. The molecule has 0 aliphatic heterocycles. The van der Waals surface area contributed by atoms with Crippen LogP contribution in [0.2, 0.25) is 0 Å². The molecule has 2 atom stereocenters. The van der Waals surface area contributed by atoms with E-state index >= 15 is 0 Å². The van der Waals surface area contributed by atoms with Crippen LogP contribution in [0.3, 0.4) is 0 Å². The average molecular weight is 247 g/mol. The number of benzene rings is 1. The number of fused-ring (bicyclic) bond motifs is 1. The van der Waals surface area contributed by atoms with Crippen LogP contribution in [0.4, 0.5) is 0 Å². The number of hydrogen-bond acceptors (Lipinski definition) is 3. The molecule has 0 fully saturated rings. The Morgan fingerprint density at radius 1 is 1.44 bits per heavy atom. The predicted octanol–water partition coefficient (Wildman–Crippen LogP) is 3.56. The van der Waals surface area contributed by atoms with Crippen LogP contribution >= 0.6 is 0 Å². The van der Waals surface area contributed by atoms with Crippen molar-refractivity contribution in [2.75, 3.05) is 7.11 Å². The Hall–Kier alpha value is -1.32. The van der Waals surface area contributed by atoms with Crippen molar-refractivity contribution in [3.05, 3.63) is 35.6 Å². The van der Waals surface area contributed by atoms with Crippen LogP contribution in [0, 0.1) is 6.92 Å². The number of rotatable bonds is 4. The van der Waals surface area contributed by atoms with E-state index in [1.165, 1.54) is 0 Å². The standard InChI is InChI=1S/C15H21NO2/c1-5-15(3,17-4)14(16)12-9-11-8-6-7-10(2)13(11)18-12/h6-9,14H,5,16H2,1-4H3. The van der Waals surface area contributed by atoms with E-state index in [0.29, 0.717) is 0 Å². The molecule has 2 rings (SSSR count). The lowest BCUT2D eigenvalue weighted by molar-refractivity contribution is -0.0240. The van der Waals surface area contributed by atoms with Gasteiger partial charge in [0.05, 0.1) is 11.6 Å². The van der Waals surface area contributed by atoms with Crippen LogP contribution in [-0.4, -0.2) is 12.7 Å². The van der Waals surface area contributed by atoms with Gasteiger partial charge in [-0.15, -0.1) is 0 Å². The number of ether oxygens (including phenoxy) is 1. The van der Waals surface area contributed by atoms with Gasteiger partial charge in [0.25, 0.3) is 0 Å². The Morgan fingerprint density at radius 2 is 2.17 bits per heavy atom. The smallest absolute Gasteiger partial charge is 0.137 e. The molecule has 2 unspecified atom stereocenters. The maximum Gasteiger partial charge on any atom is 0.137 e. The third-order valence-corrected chi connectivity index (χ3v) is 3.89. The number of furan rings is 1. The molecule has 0 amide bonds. The Labute approximate surface area is 108 Å². The first-order valence-corrected chi connectivity index (χ1v) is 6.31. The molecule has 0 aliphatic carbocycles. The third-order valence-electron chi connectivity index (χ3n) is 3.89. The molecule has 0 saturated carbocycles. The fourth-order valence-electron chi connectivity index (χ4n) is 2.17. The minimum Gasteiger partial charge on any atom is -0.459 e. The van der Waals surface area contributed by atoms with Gasteiger partial charge in [-0.2, -0.15) is 0 Å². The van der Waals surface area contributed by atoms with E-state index in [4.69, 9.17) is 14.9 Å². The Morgan fingerprint density at radius 3 is 2.72 bits per heavy atom. The zero-order valence-corrected chi connectivity index (χ0v) is 11.5. The molecule has 18 heavy (non-hydrogen) atoms. The van der Waals surface area contributed by atoms with Crippen molar-refractivity contribution >= 4 is 11.0 Å². The number of hydrogen-bond donors (Lipinski definition) is 1. The van der Waals surface area contributed by atoms with Gasteiger partial charge in [0, 0.05) is 12.5 Å². The van der Waals surface area contributed by atoms with Gasteiger partial charge in [0.1, 0.15) is 11.3 Å². The van der Waals surface area contributed by atoms with Crippen LogP contribution in [-0.2, 0) is 4.74 Å². The molecular formula is C15H21NO2. The second-order valence-electron chi connectivity index (χ2n) is 4.99. The summed E-state index contributed by atoms with van der Waals surface area (Å²) < 4.78 is 11.4. The topological polar surface area (TPSA) is 48.4 Å². The SMILES string of the molecule is CCC(C)(OC)C(N)c1cc2cccc(C)c2o1. The van der Waals surface area contributed by atoms with E-state index in [1.54, 1.807) is 7.11 Å². The van der Waals surface area contributed by atoms with Gasteiger partial charge in [-0.1, -0.05) is 25.1 Å². The number of para-hydroxylation sites is 1. The fourth-order valence-corrected chi connectivity index (χ4v) is 2.17. The van der Waals surface area contributed by atoms with Crippen LogP contribution in [0.1, 0.15) is 37.6 Å². The van der Waals surface area contributed by atoms with E-state index < -0.39 is 5.60 Å². The third kappa shape index (κ3) is 2.04. The molecule has 1 aromatic heterocycles. The first kappa shape index (κ1) is 13.1. The largest absolute Gasteiger partial charge is 0.459 e. The molecule has 1 heterocycles. The molecule has 98 valence electrons. The van der Waals surface area contributed by atoms with Gasteiger partial charge < -0.3 is 14.9 Å². The van der Waals surface area contributed by atoms with Crippen LogP contribution in [0.25, 0.3) is 11.0 Å². The highest BCUT2D eigenvalue weighted by molar-refractivity contribution is 5.81. The Balaban J connectivity index is 2.45. The van der Waals surface area contributed by atoms with E-state index in [0.717, 1.165) is 28.7 Å². The fraction of sp³-hybridized carbons (Fsp3) is 0.467. The molecule has 0 bridgehead atoms. The molecule has 2 aromatic rings. The second-order valence-corrected chi connectivity index (χ2v) is 4.99. The highest BCUT2D eigenvalue weighted by atomic mass is 16.5. The minimum absolute atomic E-state index is 0.265. The van der Waals surface area contributed by atoms with E-state index in [-0.39, 0.29) is 6.04 Å². The van der Waals surface area contributed by atoms with Gasteiger partial charge in [-0.05, 0) is 31.9 Å². The van der Waals surface area contributed by atoms with Crippen molar-refractivity contribution in [2.45, 2.75) is 38.8 Å². The molecular weight excluding hydrogens is 226 g/mol. The number of nitrogens with two attached hydrogens (primary N) is 1. The first-order valence-electron chi connectivity index (χ1n) is 6.31. The Bertz CT molecular complexity index is 540. The maximum atomic E-state index is 6.29. The Kier molecular flexibility index (Phi) is 3.46. The van der Waals surface area contributed by atoms with Crippen molar-refractivity contribution < 1.29 is 9.15 Å². The zero-order valence-electron chi connectivity index (χ0n) is 11.5. The second kappa shape index (κ2) is 4.75. The van der Waals surface area contributed by atoms with Crippen molar-refractivity contribution in [1.82, 2.24) is 0 Å². The highest BCUT2D eigenvalue weighted by Crippen LogP contribution is 2.33. The van der Waals surface area contributed by atoms with E-state index in [9.17, 15) is 0 Å². The van der Waals surface area contributed by atoms with Crippen LogP contribution < -0.4 is 5.73 Å². The van der Waals surface area contributed by atoms with Gasteiger partial charge in [0.15, 0.2) is 0 Å². The summed E-state index contributed by atoms with van der Waals surface area (Å²) in [4.78, 5) is 0. The molecule has 0 spiro atoms. The van der Waals surface area contributed by atoms with Gasteiger partial charge in [-0.3, -0.25) is 0 Å². The summed E-state index contributed by atoms with van der Waals surface area (Å²) >= 11 is 0. The molecule has 0 radical (unpaired) electrons. The summed E-state index contributed by atoms with van der Waals surface area (Å²) in [6, 6.07) is 7.85. The summed E-state index contributed by atoms with van der Waals surface area (Å²) in [6.45, 7) is 6.12. The quantitative estimate of drug-likeness (QED) is 0.898. The maximum absolute atomic E-state index is 6.29. The summed E-state index contributed by atoms with van der Waals surface area (Å²) in [5.41, 5.74) is 7.93. The van der Waals surface area contributed by atoms with Gasteiger partial charge in [-0.25, -0.2) is 0 Å². The molecule has 1 aromatic carbocycles. The summed E-state index contributed by atoms with van der Waals surface area (Å²) in [6.07, 6.45) is 0.834. The highest BCUT2D eigenvalue weighted by Gasteiger charge is 2.33. The molecule has 3 nitrogen and oxygen atoms in total. The summed E-state index contributed by atoms with van der Waals surface area (Å²) in [5.74, 6) is 0.783. The average Bonchev–Trinajstić information content (AvgIpc) is 2.82. The van der Waals surface area contributed by atoms with Crippen molar-refractivity contribution in [1.29, 1.82) is 0 Å². The number of aryl methyl sites for hydroxylation is 1. The van der Waals surface area contributed by atoms with Crippen molar-refractivity contribution in [3.63, 3.8) is 0 Å². The van der Waals surface area contributed by atoms with E-state index in [2.05, 4.69) is 6.92 Å².